The maximum Gasteiger partial charge on any atom is 0.232 e. The van der Waals surface area contributed by atoms with Crippen LogP contribution in [-0.2, 0) is 10.5 Å². The van der Waals surface area contributed by atoms with E-state index in [-0.39, 0.29) is 17.9 Å². The van der Waals surface area contributed by atoms with Gasteiger partial charge in [-0.05, 0) is 20.1 Å². The van der Waals surface area contributed by atoms with Crippen LogP contribution in [0, 0.1) is 0 Å². The molecule has 0 unspecified atom stereocenters. The molecule has 5 nitrogen and oxygen atoms in total. The van der Waals surface area contributed by atoms with Crippen molar-refractivity contribution in [1.82, 2.24) is 15.0 Å². The predicted octanol–water partition coefficient (Wildman–Crippen LogP) is 1.66. The van der Waals surface area contributed by atoms with Gasteiger partial charge >= 0.3 is 0 Å². The Morgan fingerprint density at radius 2 is 2.35 bits per heavy atom. The molecule has 17 heavy (non-hydrogen) atoms. The number of carbonyl (C=O) groups excluding carboxylic acids is 1. The lowest BCUT2D eigenvalue weighted by molar-refractivity contribution is -0.129. The van der Waals surface area contributed by atoms with Crippen molar-refractivity contribution < 1.29 is 9.32 Å². The van der Waals surface area contributed by atoms with Gasteiger partial charge in [-0.1, -0.05) is 5.16 Å². The van der Waals surface area contributed by atoms with Crippen molar-refractivity contribution in [3.8, 4) is 0 Å². The molecule has 1 atom stereocenters. The number of carbonyl (C=O) groups is 1. The number of hydrogen-bond acceptors (Lipinski definition) is 5. The maximum atomic E-state index is 11.8. The highest BCUT2D eigenvalue weighted by molar-refractivity contribution is 7.97. The molecule has 94 valence electrons. The average Bonchev–Trinajstić information content (AvgIpc) is 2.85. The molecule has 0 radical (unpaired) electrons. The van der Waals surface area contributed by atoms with E-state index in [9.17, 15) is 4.79 Å². The highest BCUT2D eigenvalue weighted by Crippen LogP contribution is 2.28. The molecule has 1 saturated heterocycles. The van der Waals surface area contributed by atoms with Crippen molar-refractivity contribution in [3.05, 3.63) is 11.7 Å². The highest BCUT2D eigenvalue weighted by Gasteiger charge is 2.35. The molecule has 0 bridgehead atoms. The number of hydrogen-bond donors (Lipinski definition) is 0. The first-order valence-corrected chi connectivity index (χ1v) is 7.12. The normalized spacial score (nSPS) is 20.6. The topological polar surface area (TPSA) is 59.2 Å². The maximum absolute atomic E-state index is 11.8. The van der Waals surface area contributed by atoms with Crippen LogP contribution in [0.15, 0.2) is 4.52 Å². The molecule has 0 aromatic carbocycles. The van der Waals surface area contributed by atoms with Crippen LogP contribution >= 0.6 is 11.8 Å². The molecule has 1 aromatic heterocycles. The van der Waals surface area contributed by atoms with E-state index in [2.05, 4.69) is 10.1 Å². The number of thioether (sulfide) groups is 1. The molecule has 1 aliphatic heterocycles. The Morgan fingerprint density at radius 1 is 1.59 bits per heavy atom. The molecule has 2 rings (SSSR count). The van der Waals surface area contributed by atoms with Crippen LogP contribution < -0.4 is 0 Å². The van der Waals surface area contributed by atoms with Crippen LogP contribution in [-0.4, -0.2) is 39.8 Å². The predicted molar refractivity (Wildman–Crippen MR) is 65.7 cm³/mol. The summed E-state index contributed by atoms with van der Waals surface area (Å²) in [6.07, 6.45) is 2.48. The fourth-order valence-corrected chi connectivity index (χ4v) is 2.39. The van der Waals surface area contributed by atoms with E-state index in [0.29, 0.717) is 24.7 Å². The number of aromatic nitrogens is 2. The van der Waals surface area contributed by atoms with Crippen molar-refractivity contribution in [2.45, 2.75) is 38.0 Å². The molecule has 1 amide bonds. The highest BCUT2D eigenvalue weighted by atomic mass is 32.2. The zero-order valence-electron chi connectivity index (χ0n) is 10.3. The molecule has 0 spiro atoms. The summed E-state index contributed by atoms with van der Waals surface area (Å²) in [5.41, 5.74) is 0. The van der Waals surface area contributed by atoms with Gasteiger partial charge in [0.15, 0.2) is 5.82 Å². The first-order chi connectivity index (χ1) is 8.11. The molecule has 0 N–H and O–H groups in total. The molecule has 0 saturated carbocycles. The lowest BCUT2D eigenvalue weighted by Gasteiger charge is -2.20. The second-order valence-electron chi connectivity index (χ2n) is 4.52. The molecule has 2 heterocycles. The average molecular weight is 255 g/mol. The van der Waals surface area contributed by atoms with E-state index < -0.39 is 0 Å². The largest absolute Gasteiger partial charge is 0.339 e. The molecular weight excluding hydrogens is 238 g/mol. The monoisotopic (exact) mass is 255 g/mol. The summed E-state index contributed by atoms with van der Waals surface area (Å²) in [5.74, 6) is 2.30. The van der Waals surface area contributed by atoms with Gasteiger partial charge in [0.05, 0.1) is 11.7 Å². The SMILES string of the molecule is CSCc1noc([C@H]2CC(=O)N(C(C)C)C2)n1. The summed E-state index contributed by atoms with van der Waals surface area (Å²) in [4.78, 5) is 18.0. The van der Waals surface area contributed by atoms with Crippen LogP contribution in [0.5, 0.6) is 0 Å². The summed E-state index contributed by atoms with van der Waals surface area (Å²) in [7, 11) is 0. The van der Waals surface area contributed by atoms with Gasteiger partial charge in [-0.15, -0.1) is 0 Å². The van der Waals surface area contributed by atoms with E-state index in [1.165, 1.54) is 0 Å². The third-order valence-electron chi connectivity index (χ3n) is 2.89. The Labute approximate surface area is 105 Å². The molecule has 6 heteroatoms. The Bertz CT molecular complexity index is 405. The molecule has 1 aromatic rings. The first kappa shape index (κ1) is 12.4. The Kier molecular flexibility index (Phi) is 3.71. The van der Waals surface area contributed by atoms with Crippen molar-refractivity contribution in [1.29, 1.82) is 0 Å². The van der Waals surface area contributed by atoms with Crippen molar-refractivity contribution in [2.24, 2.45) is 0 Å². The lowest BCUT2D eigenvalue weighted by Crippen LogP contribution is -2.31. The summed E-state index contributed by atoms with van der Waals surface area (Å²) in [6, 6.07) is 0.237. The number of likely N-dealkylation sites (tertiary alicyclic amines) is 1. The van der Waals surface area contributed by atoms with E-state index in [0.717, 1.165) is 5.75 Å². The second-order valence-corrected chi connectivity index (χ2v) is 5.39. The number of rotatable bonds is 4. The minimum Gasteiger partial charge on any atom is -0.339 e. The first-order valence-electron chi connectivity index (χ1n) is 5.72. The van der Waals surface area contributed by atoms with Gasteiger partial charge in [-0.25, -0.2) is 0 Å². The van der Waals surface area contributed by atoms with E-state index in [1.807, 2.05) is 25.0 Å². The summed E-state index contributed by atoms with van der Waals surface area (Å²) < 4.78 is 5.22. The zero-order chi connectivity index (χ0) is 12.4. The van der Waals surface area contributed by atoms with E-state index in [1.54, 1.807) is 11.8 Å². The van der Waals surface area contributed by atoms with Gasteiger partial charge in [-0.2, -0.15) is 16.7 Å². The van der Waals surface area contributed by atoms with Crippen molar-refractivity contribution in [2.75, 3.05) is 12.8 Å². The number of amides is 1. The minimum absolute atomic E-state index is 0.0630. The van der Waals surface area contributed by atoms with Gasteiger partial charge in [0, 0.05) is 19.0 Å². The fraction of sp³-hybridized carbons (Fsp3) is 0.727. The molecular formula is C11H17N3O2S. The Balaban J connectivity index is 2.06. The van der Waals surface area contributed by atoms with Crippen LogP contribution in [0.4, 0.5) is 0 Å². The van der Waals surface area contributed by atoms with Crippen LogP contribution in [0.1, 0.15) is 37.9 Å². The standard InChI is InChI=1S/C11H17N3O2S/c1-7(2)14-5-8(4-10(14)15)11-12-9(6-17-3)13-16-11/h7-8H,4-6H2,1-3H3/t8-/m0/s1. The molecule has 0 aliphatic carbocycles. The molecule has 1 aliphatic rings. The lowest BCUT2D eigenvalue weighted by atomic mass is 10.1. The van der Waals surface area contributed by atoms with E-state index >= 15 is 0 Å². The van der Waals surface area contributed by atoms with Crippen LogP contribution in [0.2, 0.25) is 0 Å². The van der Waals surface area contributed by atoms with Crippen LogP contribution in [0.3, 0.4) is 0 Å². The van der Waals surface area contributed by atoms with Crippen molar-refractivity contribution >= 4 is 17.7 Å². The molecule has 1 fully saturated rings. The minimum atomic E-state index is 0.0630. The van der Waals surface area contributed by atoms with Gasteiger partial charge in [0.1, 0.15) is 0 Å². The Morgan fingerprint density at radius 3 is 2.94 bits per heavy atom. The smallest absolute Gasteiger partial charge is 0.232 e. The quantitative estimate of drug-likeness (QED) is 0.819. The van der Waals surface area contributed by atoms with Crippen molar-refractivity contribution in [3.63, 3.8) is 0 Å². The second kappa shape index (κ2) is 5.08. The Hall–Kier alpha value is -1.04. The third-order valence-corrected chi connectivity index (χ3v) is 3.44. The summed E-state index contributed by atoms with van der Waals surface area (Å²) >= 11 is 1.65. The van der Waals surface area contributed by atoms with Gasteiger partial charge in [-0.3, -0.25) is 4.79 Å². The number of nitrogens with zero attached hydrogens (tertiary/aromatic N) is 3. The van der Waals surface area contributed by atoms with Gasteiger partial charge < -0.3 is 9.42 Å². The third kappa shape index (κ3) is 2.62. The van der Waals surface area contributed by atoms with Gasteiger partial charge in [0.2, 0.25) is 11.8 Å². The fourth-order valence-electron chi connectivity index (χ4n) is 2.02. The summed E-state index contributed by atoms with van der Waals surface area (Å²) in [6.45, 7) is 4.73. The van der Waals surface area contributed by atoms with Gasteiger partial charge in [0.25, 0.3) is 0 Å². The van der Waals surface area contributed by atoms with E-state index in [4.69, 9.17) is 4.52 Å². The van der Waals surface area contributed by atoms with Crippen LogP contribution in [0.25, 0.3) is 0 Å². The summed E-state index contributed by atoms with van der Waals surface area (Å²) in [5, 5.41) is 3.91. The zero-order valence-corrected chi connectivity index (χ0v) is 11.2.